The molecule has 1 heterocycles. The van der Waals surface area contributed by atoms with Gasteiger partial charge in [-0.15, -0.1) is 0 Å². The van der Waals surface area contributed by atoms with Crippen LogP contribution in [0.1, 0.15) is 11.3 Å². The summed E-state index contributed by atoms with van der Waals surface area (Å²) in [5.74, 6) is 0. The molecule has 0 aliphatic rings. The second kappa shape index (κ2) is 5.14. The number of aliphatic hydroxyl groups excluding tert-OH is 1. The minimum absolute atomic E-state index is 0.181. The first kappa shape index (κ1) is 13.1. The van der Waals surface area contributed by atoms with E-state index in [4.69, 9.17) is 28.3 Å². The van der Waals surface area contributed by atoms with Crippen LogP contribution >= 0.6 is 23.2 Å². The van der Waals surface area contributed by atoms with Crippen molar-refractivity contribution in [1.82, 2.24) is 4.57 Å². The van der Waals surface area contributed by atoms with Crippen LogP contribution in [0.25, 0.3) is 5.69 Å². The molecule has 1 aromatic carbocycles. The van der Waals surface area contributed by atoms with Gasteiger partial charge >= 0.3 is 0 Å². The monoisotopic (exact) mass is 283 g/mol. The Morgan fingerprint density at radius 2 is 1.78 bits per heavy atom. The van der Waals surface area contributed by atoms with Crippen molar-refractivity contribution in [3.8, 4) is 5.69 Å². The third-order valence-electron chi connectivity index (χ3n) is 2.62. The lowest BCUT2D eigenvalue weighted by Gasteiger charge is -2.12. The fourth-order valence-electron chi connectivity index (χ4n) is 1.75. The Hall–Kier alpha value is -1.29. The number of rotatable bonds is 2. The molecule has 94 valence electrons. The van der Waals surface area contributed by atoms with Crippen molar-refractivity contribution in [2.24, 2.45) is 0 Å². The molecular formula is C13H11Cl2NO2. The number of halogens is 2. The van der Waals surface area contributed by atoms with Crippen molar-refractivity contribution in [1.29, 1.82) is 0 Å². The first-order valence-corrected chi connectivity index (χ1v) is 6.06. The van der Waals surface area contributed by atoms with E-state index >= 15 is 0 Å². The molecule has 0 bridgehead atoms. The first-order chi connectivity index (χ1) is 8.51. The van der Waals surface area contributed by atoms with Gasteiger partial charge in [0.1, 0.15) is 0 Å². The summed E-state index contributed by atoms with van der Waals surface area (Å²) in [5, 5.41) is 10.2. The standard InChI is InChI=1S/C13H11Cl2NO2/c1-8-2-13(18)9(7-17)6-16(8)12-4-10(14)3-11(15)5-12/h2-6,17H,7H2,1H3. The average molecular weight is 284 g/mol. The van der Waals surface area contributed by atoms with E-state index in [1.54, 1.807) is 35.9 Å². The Morgan fingerprint density at radius 3 is 2.33 bits per heavy atom. The van der Waals surface area contributed by atoms with E-state index < -0.39 is 0 Å². The Balaban J connectivity index is 2.66. The average Bonchev–Trinajstić information content (AvgIpc) is 2.27. The Morgan fingerprint density at radius 1 is 1.17 bits per heavy atom. The van der Waals surface area contributed by atoms with Crippen LogP contribution < -0.4 is 5.43 Å². The highest BCUT2D eigenvalue weighted by Gasteiger charge is 2.06. The maximum absolute atomic E-state index is 11.6. The van der Waals surface area contributed by atoms with Crippen molar-refractivity contribution in [3.63, 3.8) is 0 Å². The normalized spacial score (nSPS) is 10.7. The molecule has 0 fully saturated rings. The third-order valence-corrected chi connectivity index (χ3v) is 3.05. The molecule has 2 rings (SSSR count). The number of nitrogens with zero attached hydrogens (tertiary/aromatic N) is 1. The van der Waals surface area contributed by atoms with Gasteiger partial charge in [0.25, 0.3) is 0 Å². The van der Waals surface area contributed by atoms with E-state index in [-0.39, 0.29) is 12.0 Å². The number of hydrogen-bond donors (Lipinski definition) is 1. The smallest absolute Gasteiger partial charge is 0.187 e. The third kappa shape index (κ3) is 2.58. The maximum atomic E-state index is 11.6. The summed E-state index contributed by atoms with van der Waals surface area (Å²) in [7, 11) is 0. The lowest BCUT2D eigenvalue weighted by Crippen LogP contribution is -2.14. The molecule has 1 N–H and O–H groups in total. The van der Waals surface area contributed by atoms with Crippen LogP contribution in [0.3, 0.4) is 0 Å². The number of aliphatic hydroxyl groups is 1. The van der Waals surface area contributed by atoms with Gasteiger partial charge in [-0.3, -0.25) is 4.79 Å². The summed E-state index contributed by atoms with van der Waals surface area (Å²) in [4.78, 5) is 11.6. The van der Waals surface area contributed by atoms with Gasteiger partial charge in [0.05, 0.1) is 6.61 Å². The lowest BCUT2D eigenvalue weighted by molar-refractivity contribution is 0.280. The second-order valence-corrected chi connectivity index (χ2v) is 4.83. The van der Waals surface area contributed by atoms with Crippen LogP contribution in [0, 0.1) is 6.92 Å². The lowest BCUT2D eigenvalue weighted by atomic mass is 10.2. The molecule has 0 spiro atoms. The van der Waals surface area contributed by atoms with Gasteiger partial charge < -0.3 is 9.67 Å². The molecule has 0 aliphatic heterocycles. The summed E-state index contributed by atoms with van der Waals surface area (Å²) < 4.78 is 1.77. The fraction of sp³-hybridized carbons (Fsp3) is 0.154. The zero-order valence-corrected chi connectivity index (χ0v) is 11.2. The zero-order valence-electron chi connectivity index (χ0n) is 9.65. The van der Waals surface area contributed by atoms with Crippen molar-refractivity contribution in [2.75, 3.05) is 0 Å². The van der Waals surface area contributed by atoms with Crippen LogP contribution in [0.4, 0.5) is 0 Å². The topological polar surface area (TPSA) is 42.2 Å². The minimum Gasteiger partial charge on any atom is -0.391 e. The molecule has 0 aliphatic carbocycles. The van der Waals surface area contributed by atoms with Crippen molar-refractivity contribution in [2.45, 2.75) is 13.5 Å². The second-order valence-electron chi connectivity index (χ2n) is 3.96. The summed E-state index contributed by atoms with van der Waals surface area (Å²) in [6.07, 6.45) is 1.60. The highest BCUT2D eigenvalue weighted by molar-refractivity contribution is 6.34. The van der Waals surface area contributed by atoms with Gasteiger partial charge in [0.2, 0.25) is 0 Å². The molecule has 0 unspecified atom stereocenters. The van der Waals surface area contributed by atoms with Gasteiger partial charge in [-0.2, -0.15) is 0 Å². The molecule has 1 aromatic heterocycles. The number of aryl methyl sites for hydroxylation is 1. The number of hydrogen-bond acceptors (Lipinski definition) is 2. The van der Waals surface area contributed by atoms with E-state index in [0.29, 0.717) is 15.6 Å². The maximum Gasteiger partial charge on any atom is 0.187 e. The van der Waals surface area contributed by atoms with Crippen LogP contribution in [0.2, 0.25) is 10.0 Å². The van der Waals surface area contributed by atoms with Gasteiger partial charge in [-0.25, -0.2) is 0 Å². The van der Waals surface area contributed by atoms with Crippen molar-refractivity contribution >= 4 is 23.2 Å². The summed E-state index contributed by atoms with van der Waals surface area (Å²) in [6.45, 7) is 1.50. The largest absolute Gasteiger partial charge is 0.391 e. The molecule has 0 saturated carbocycles. The predicted molar refractivity (Wildman–Crippen MR) is 72.7 cm³/mol. The zero-order chi connectivity index (χ0) is 13.3. The van der Waals surface area contributed by atoms with Gasteiger partial charge in [-0.1, -0.05) is 23.2 Å². The van der Waals surface area contributed by atoms with Crippen LogP contribution in [-0.4, -0.2) is 9.67 Å². The van der Waals surface area contributed by atoms with Crippen molar-refractivity contribution < 1.29 is 5.11 Å². The van der Waals surface area contributed by atoms with E-state index in [2.05, 4.69) is 0 Å². The quantitative estimate of drug-likeness (QED) is 0.921. The molecule has 0 atom stereocenters. The van der Waals surface area contributed by atoms with Crippen LogP contribution in [-0.2, 0) is 6.61 Å². The predicted octanol–water partition coefficient (Wildman–Crippen LogP) is 2.95. The van der Waals surface area contributed by atoms with E-state index in [9.17, 15) is 4.79 Å². The molecule has 18 heavy (non-hydrogen) atoms. The van der Waals surface area contributed by atoms with Gasteiger partial charge in [-0.05, 0) is 25.1 Å². The summed E-state index contributed by atoms with van der Waals surface area (Å²) in [6, 6.07) is 6.59. The van der Waals surface area contributed by atoms with Crippen LogP contribution in [0.15, 0.2) is 35.3 Å². The number of pyridine rings is 1. The minimum atomic E-state index is -0.298. The molecule has 2 aromatic rings. The van der Waals surface area contributed by atoms with Gasteiger partial charge in [0.15, 0.2) is 5.43 Å². The Kier molecular flexibility index (Phi) is 3.76. The molecule has 5 heteroatoms. The van der Waals surface area contributed by atoms with Gasteiger partial charge in [0, 0.05) is 39.3 Å². The highest BCUT2D eigenvalue weighted by Crippen LogP contribution is 2.22. The molecule has 0 saturated heterocycles. The fourth-order valence-corrected chi connectivity index (χ4v) is 2.26. The molecular weight excluding hydrogens is 273 g/mol. The van der Waals surface area contributed by atoms with Crippen LogP contribution in [0.5, 0.6) is 0 Å². The SMILES string of the molecule is Cc1cc(=O)c(CO)cn1-c1cc(Cl)cc(Cl)c1. The molecule has 3 nitrogen and oxygen atoms in total. The highest BCUT2D eigenvalue weighted by atomic mass is 35.5. The first-order valence-electron chi connectivity index (χ1n) is 5.31. The molecule has 0 radical (unpaired) electrons. The van der Waals surface area contributed by atoms with E-state index in [0.717, 1.165) is 11.4 Å². The number of benzene rings is 1. The molecule has 0 amide bonds. The Labute approximate surface area is 114 Å². The Bertz CT molecular complexity index is 630. The van der Waals surface area contributed by atoms with E-state index in [1.165, 1.54) is 6.07 Å². The van der Waals surface area contributed by atoms with E-state index in [1.807, 2.05) is 0 Å². The summed E-state index contributed by atoms with van der Waals surface area (Å²) in [5.41, 5.74) is 1.64. The number of aromatic nitrogens is 1. The summed E-state index contributed by atoms with van der Waals surface area (Å²) >= 11 is 11.9. The van der Waals surface area contributed by atoms with Crippen molar-refractivity contribution in [3.05, 3.63) is 62.0 Å².